The lowest BCUT2D eigenvalue weighted by atomic mass is 10.1. The molecule has 0 aliphatic carbocycles. The molecule has 7 nitrogen and oxygen atoms in total. The van der Waals surface area contributed by atoms with Crippen LogP contribution in [0.3, 0.4) is 0 Å². The van der Waals surface area contributed by atoms with Crippen LogP contribution in [0, 0.1) is 0 Å². The van der Waals surface area contributed by atoms with Crippen molar-refractivity contribution in [3.8, 4) is 0 Å². The van der Waals surface area contributed by atoms with Crippen LogP contribution < -0.4 is 5.32 Å². The first-order valence-corrected chi connectivity index (χ1v) is 9.82. The van der Waals surface area contributed by atoms with Gasteiger partial charge in [-0.3, -0.25) is 9.69 Å². The summed E-state index contributed by atoms with van der Waals surface area (Å²) >= 11 is 0. The van der Waals surface area contributed by atoms with Crippen molar-refractivity contribution < 1.29 is 9.53 Å². The number of likely N-dealkylation sites (N-methyl/N-ethyl adjacent to an activating group) is 1. The number of rotatable bonds is 6. The Morgan fingerprint density at radius 2 is 2.14 bits per heavy atom. The third-order valence-electron chi connectivity index (χ3n) is 5.21. The maximum absolute atomic E-state index is 12.0. The van der Waals surface area contributed by atoms with Crippen molar-refractivity contribution in [2.75, 3.05) is 53.4 Å². The van der Waals surface area contributed by atoms with Crippen molar-refractivity contribution in [1.29, 1.82) is 0 Å². The number of aliphatic imine (C=N–C) groups is 1. The van der Waals surface area contributed by atoms with Gasteiger partial charge in [-0.15, -0.1) is 6.58 Å². The van der Waals surface area contributed by atoms with Gasteiger partial charge in [-0.05, 0) is 5.56 Å². The second-order valence-electron chi connectivity index (χ2n) is 7.44. The SMILES string of the molecule is C=CCNC(=NCC(=O)N(C)C)N1CC2OCCN(Cc3ccccc3)C2C1. The molecule has 0 aromatic heterocycles. The number of ether oxygens (including phenoxy) is 1. The van der Waals surface area contributed by atoms with Crippen LogP contribution in [-0.4, -0.2) is 92.1 Å². The molecule has 2 aliphatic heterocycles. The molecule has 1 aromatic rings. The van der Waals surface area contributed by atoms with Gasteiger partial charge in [0.05, 0.1) is 18.8 Å². The fraction of sp³-hybridized carbons (Fsp3) is 0.524. The summed E-state index contributed by atoms with van der Waals surface area (Å²) in [6.07, 6.45) is 1.95. The fourth-order valence-corrected chi connectivity index (χ4v) is 3.66. The third-order valence-corrected chi connectivity index (χ3v) is 5.21. The summed E-state index contributed by atoms with van der Waals surface area (Å²) < 4.78 is 6.06. The summed E-state index contributed by atoms with van der Waals surface area (Å²) in [4.78, 5) is 22.8. The van der Waals surface area contributed by atoms with E-state index < -0.39 is 0 Å². The number of nitrogens with zero attached hydrogens (tertiary/aromatic N) is 4. The number of amides is 1. The van der Waals surface area contributed by atoms with E-state index in [0.717, 1.165) is 38.7 Å². The third kappa shape index (κ3) is 5.11. The highest BCUT2D eigenvalue weighted by Crippen LogP contribution is 2.24. The quantitative estimate of drug-likeness (QED) is 0.446. The monoisotopic (exact) mass is 385 g/mol. The maximum atomic E-state index is 12.0. The number of benzene rings is 1. The Hall–Kier alpha value is -2.38. The minimum atomic E-state index is -0.0172. The first-order chi connectivity index (χ1) is 13.6. The zero-order valence-corrected chi connectivity index (χ0v) is 16.9. The van der Waals surface area contributed by atoms with Crippen molar-refractivity contribution in [2.24, 2.45) is 4.99 Å². The predicted octanol–water partition coefficient (Wildman–Crippen LogP) is 0.791. The summed E-state index contributed by atoms with van der Waals surface area (Å²) in [6.45, 7) is 8.70. The Morgan fingerprint density at radius 3 is 2.86 bits per heavy atom. The van der Waals surface area contributed by atoms with Crippen LogP contribution in [0.4, 0.5) is 0 Å². The molecule has 1 N–H and O–H groups in total. The first kappa shape index (κ1) is 20.4. The number of hydrogen-bond donors (Lipinski definition) is 1. The smallest absolute Gasteiger partial charge is 0.243 e. The Labute approximate surface area is 167 Å². The minimum absolute atomic E-state index is 0.0172. The topological polar surface area (TPSA) is 60.4 Å². The number of morpholine rings is 1. The molecular weight excluding hydrogens is 354 g/mol. The molecule has 28 heavy (non-hydrogen) atoms. The highest BCUT2D eigenvalue weighted by Gasteiger charge is 2.41. The van der Waals surface area contributed by atoms with Gasteiger partial charge in [0.1, 0.15) is 6.54 Å². The van der Waals surface area contributed by atoms with Crippen molar-refractivity contribution in [2.45, 2.75) is 18.7 Å². The van der Waals surface area contributed by atoms with E-state index in [1.165, 1.54) is 5.56 Å². The molecule has 0 saturated carbocycles. The van der Waals surface area contributed by atoms with Gasteiger partial charge in [0, 0.05) is 46.8 Å². The molecule has 152 valence electrons. The molecule has 2 aliphatic rings. The van der Waals surface area contributed by atoms with E-state index in [9.17, 15) is 4.79 Å². The van der Waals surface area contributed by atoms with Crippen molar-refractivity contribution >= 4 is 11.9 Å². The Morgan fingerprint density at radius 1 is 1.36 bits per heavy atom. The van der Waals surface area contributed by atoms with Gasteiger partial charge in [0.2, 0.25) is 5.91 Å². The van der Waals surface area contributed by atoms with E-state index in [1.54, 1.807) is 25.1 Å². The van der Waals surface area contributed by atoms with E-state index in [-0.39, 0.29) is 18.6 Å². The van der Waals surface area contributed by atoms with E-state index in [2.05, 4.69) is 51.0 Å². The minimum Gasteiger partial charge on any atom is -0.373 e. The van der Waals surface area contributed by atoms with Gasteiger partial charge in [-0.1, -0.05) is 36.4 Å². The molecule has 0 spiro atoms. The summed E-state index contributed by atoms with van der Waals surface area (Å²) in [5.41, 5.74) is 1.32. The lowest BCUT2D eigenvalue weighted by molar-refractivity contribution is -0.127. The average Bonchev–Trinajstić information content (AvgIpc) is 3.13. The molecular formula is C21H31N5O2. The number of likely N-dealkylation sites (tertiary alicyclic amines) is 1. The van der Waals surface area contributed by atoms with Crippen LogP contribution in [0.1, 0.15) is 5.56 Å². The Bertz CT molecular complexity index is 691. The predicted molar refractivity (Wildman–Crippen MR) is 111 cm³/mol. The molecule has 2 heterocycles. The van der Waals surface area contributed by atoms with E-state index in [4.69, 9.17) is 4.74 Å². The van der Waals surface area contributed by atoms with Gasteiger partial charge in [-0.25, -0.2) is 4.99 Å². The number of hydrogen-bond acceptors (Lipinski definition) is 4. The molecule has 1 amide bonds. The summed E-state index contributed by atoms with van der Waals surface area (Å²) in [5.74, 6) is 0.726. The van der Waals surface area contributed by atoms with Crippen LogP contribution in [0.15, 0.2) is 48.0 Å². The molecule has 2 atom stereocenters. The van der Waals surface area contributed by atoms with Gasteiger partial charge in [0.25, 0.3) is 0 Å². The van der Waals surface area contributed by atoms with Gasteiger partial charge < -0.3 is 19.9 Å². The molecule has 7 heteroatoms. The molecule has 0 bridgehead atoms. The van der Waals surface area contributed by atoms with Crippen molar-refractivity contribution in [1.82, 2.24) is 20.0 Å². The zero-order valence-electron chi connectivity index (χ0n) is 16.9. The van der Waals surface area contributed by atoms with E-state index in [0.29, 0.717) is 12.6 Å². The number of carbonyl (C=O) groups is 1. The average molecular weight is 386 g/mol. The Balaban J connectivity index is 1.69. The summed E-state index contributed by atoms with van der Waals surface area (Å²) in [6, 6.07) is 10.9. The second kappa shape index (κ2) is 9.71. The largest absolute Gasteiger partial charge is 0.373 e. The summed E-state index contributed by atoms with van der Waals surface area (Å²) in [5, 5.41) is 3.29. The standard InChI is InChI=1S/C21H31N5O2/c1-4-10-22-21(23-13-20(27)24(2)3)26-15-18-19(16-26)28-12-11-25(18)14-17-8-6-5-7-9-17/h4-9,18-19H,1,10-16H2,2-3H3,(H,22,23). The first-order valence-electron chi connectivity index (χ1n) is 9.82. The fourth-order valence-electron chi connectivity index (χ4n) is 3.66. The van der Waals surface area contributed by atoms with E-state index >= 15 is 0 Å². The second-order valence-corrected chi connectivity index (χ2v) is 7.44. The molecule has 3 rings (SSSR count). The lowest BCUT2D eigenvalue weighted by Crippen LogP contribution is -2.50. The van der Waals surface area contributed by atoms with Crippen LogP contribution in [0.5, 0.6) is 0 Å². The Kier molecular flexibility index (Phi) is 7.06. The van der Waals surface area contributed by atoms with Crippen molar-refractivity contribution in [3.05, 3.63) is 48.6 Å². The van der Waals surface area contributed by atoms with Gasteiger partial charge in [-0.2, -0.15) is 0 Å². The van der Waals surface area contributed by atoms with Crippen LogP contribution in [-0.2, 0) is 16.1 Å². The van der Waals surface area contributed by atoms with E-state index in [1.807, 2.05) is 6.07 Å². The molecule has 2 fully saturated rings. The molecule has 0 radical (unpaired) electrons. The lowest BCUT2D eigenvalue weighted by Gasteiger charge is -2.36. The summed E-state index contributed by atoms with van der Waals surface area (Å²) in [7, 11) is 3.49. The van der Waals surface area contributed by atoms with Crippen LogP contribution in [0.2, 0.25) is 0 Å². The maximum Gasteiger partial charge on any atom is 0.243 e. The van der Waals surface area contributed by atoms with Gasteiger partial charge in [0.15, 0.2) is 5.96 Å². The number of guanidine groups is 1. The molecule has 1 aromatic carbocycles. The molecule has 2 saturated heterocycles. The number of nitrogens with one attached hydrogen (secondary N) is 1. The van der Waals surface area contributed by atoms with Crippen LogP contribution in [0.25, 0.3) is 0 Å². The zero-order chi connectivity index (χ0) is 19.9. The van der Waals surface area contributed by atoms with Gasteiger partial charge >= 0.3 is 0 Å². The van der Waals surface area contributed by atoms with Crippen molar-refractivity contribution in [3.63, 3.8) is 0 Å². The highest BCUT2D eigenvalue weighted by molar-refractivity contribution is 5.85. The molecule has 2 unspecified atom stereocenters. The normalized spacial score (nSPS) is 22.6. The number of fused-ring (bicyclic) bond motifs is 1. The number of carbonyl (C=O) groups excluding carboxylic acids is 1. The van der Waals surface area contributed by atoms with Crippen LogP contribution >= 0.6 is 0 Å². The highest BCUT2D eigenvalue weighted by atomic mass is 16.5.